The molecule has 2 heterocycles. The van der Waals surface area contributed by atoms with Crippen LogP contribution in [-0.2, 0) is 11.2 Å². The van der Waals surface area contributed by atoms with Crippen LogP contribution in [0.4, 0.5) is 0 Å². The third-order valence-corrected chi connectivity index (χ3v) is 3.48. The third-order valence-electron chi connectivity index (χ3n) is 3.48. The maximum absolute atomic E-state index is 5.44. The van der Waals surface area contributed by atoms with Gasteiger partial charge in [-0.05, 0) is 43.4 Å². The average Bonchev–Trinajstić information content (AvgIpc) is 2.40. The minimum Gasteiger partial charge on any atom is -0.381 e. The first-order chi connectivity index (χ1) is 8.40. The molecular formula is C14H22N2O. The van der Waals surface area contributed by atoms with Gasteiger partial charge in [0, 0.05) is 31.6 Å². The molecule has 94 valence electrons. The fourth-order valence-corrected chi connectivity index (χ4v) is 2.56. The maximum Gasteiger partial charge on any atom is 0.0469 e. The van der Waals surface area contributed by atoms with Gasteiger partial charge in [-0.3, -0.25) is 4.98 Å². The number of pyridine rings is 1. The van der Waals surface area contributed by atoms with Crippen molar-refractivity contribution >= 4 is 0 Å². The Balaban J connectivity index is 1.96. The highest BCUT2D eigenvalue weighted by Crippen LogP contribution is 2.21. The van der Waals surface area contributed by atoms with E-state index < -0.39 is 0 Å². The van der Waals surface area contributed by atoms with Crippen molar-refractivity contribution in [2.24, 2.45) is 5.92 Å². The number of nitrogens with one attached hydrogen (secondary N) is 1. The second kappa shape index (κ2) is 6.72. The van der Waals surface area contributed by atoms with Crippen LogP contribution in [0, 0.1) is 5.92 Å². The lowest BCUT2D eigenvalue weighted by molar-refractivity contribution is 0.0539. The van der Waals surface area contributed by atoms with Gasteiger partial charge in [0.05, 0.1) is 0 Å². The summed E-state index contributed by atoms with van der Waals surface area (Å²) in [6.45, 7) is 5.04. The Morgan fingerprint density at radius 3 is 2.94 bits per heavy atom. The predicted octanol–water partition coefficient (Wildman–Crippen LogP) is 2.03. The monoisotopic (exact) mass is 234 g/mol. The van der Waals surface area contributed by atoms with Gasteiger partial charge < -0.3 is 10.1 Å². The van der Waals surface area contributed by atoms with Gasteiger partial charge >= 0.3 is 0 Å². The molecule has 0 saturated carbocycles. The Kier molecular flexibility index (Phi) is 4.95. The van der Waals surface area contributed by atoms with E-state index in [0.717, 1.165) is 32.1 Å². The lowest BCUT2D eigenvalue weighted by atomic mass is 9.88. The molecule has 1 aromatic rings. The van der Waals surface area contributed by atoms with E-state index >= 15 is 0 Å². The molecule has 3 heteroatoms. The van der Waals surface area contributed by atoms with E-state index in [-0.39, 0.29) is 0 Å². The summed E-state index contributed by atoms with van der Waals surface area (Å²) >= 11 is 0. The van der Waals surface area contributed by atoms with E-state index in [1.807, 2.05) is 18.5 Å². The highest BCUT2D eigenvalue weighted by atomic mass is 16.5. The molecule has 17 heavy (non-hydrogen) atoms. The quantitative estimate of drug-likeness (QED) is 0.846. The van der Waals surface area contributed by atoms with E-state index in [1.165, 1.54) is 18.4 Å². The van der Waals surface area contributed by atoms with Crippen molar-refractivity contribution in [3.8, 4) is 0 Å². The molecule has 1 N–H and O–H groups in total. The Bertz CT molecular complexity index is 309. The van der Waals surface area contributed by atoms with E-state index in [2.05, 4.69) is 23.3 Å². The molecule has 0 radical (unpaired) electrons. The summed E-state index contributed by atoms with van der Waals surface area (Å²) in [5.74, 6) is 0.740. The van der Waals surface area contributed by atoms with Gasteiger partial charge in [0.25, 0.3) is 0 Å². The van der Waals surface area contributed by atoms with Crippen LogP contribution in [-0.4, -0.2) is 30.8 Å². The van der Waals surface area contributed by atoms with Gasteiger partial charge in [-0.25, -0.2) is 0 Å². The zero-order chi connectivity index (χ0) is 11.9. The van der Waals surface area contributed by atoms with Crippen LogP contribution in [0.25, 0.3) is 0 Å². The Hall–Kier alpha value is -0.930. The lowest BCUT2D eigenvalue weighted by Crippen LogP contribution is -2.40. The molecule has 0 bridgehead atoms. The van der Waals surface area contributed by atoms with Gasteiger partial charge in [0.1, 0.15) is 0 Å². The van der Waals surface area contributed by atoms with Gasteiger partial charge in [-0.1, -0.05) is 13.0 Å². The fourth-order valence-electron chi connectivity index (χ4n) is 2.56. The number of likely N-dealkylation sites (N-methyl/N-ethyl adjacent to an activating group) is 1. The van der Waals surface area contributed by atoms with Crippen LogP contribution in [0.5, 0.6) is 0 Å². The van der Waals surface area contributed by atoms with Crippen LogP contribution < -0.4 is 5.32 Å². The fraction of sp³-hybridized carbons (Fsp3) is 0.643. The molecule has 1 aliphatic heterocycles. The van der Waals surface area contributed by atoms with Gasteiger partial charge in [-0.2, -0.15) is 0 Å². The lowest BCUT2D eigenvalue weighted by Gasteiger charge is -2.31. The summed E-state index contributed by atoms with van der Waals surface area (Å²) in [6, 6.07) is 4.74. The average molecular weight is 234 g/mol. The van der Waals surface area contributed by atoms with Gasteiger partial charge in [0.2, 0.25) is 0 Å². The van der Waals surface area contributed by atoms with Crippen molar-refractivity contribution in [1.82, 2.24) is 10.3 Å². The zero-order valence-electron chi connectivity index (χ0n) is 10.6. The maximum atomic E-state index is 5.44. The molecule has 0 spiro atoms. The predicted molar refractivity (Wildman–Crippen MR) is 68.9 cm³/mol. The third kappa shape index (κ3) is 3.79. The highest BCUT2D eigenvalue weighted by molar-refractivity contribution is 5.10. The summed E-state index contributed by atoms with van der Waals surface area (Å²) < 4.78 is 5.44. The Morgan fingerprint density at radius 2 is 2.29 bits per heavy atom. The number of nitrogens with zero attached hydrogens (tertiary/aromatic N) is 1. The van der Waals surface area contributed by atoms with E-state index in [4.69, 9.17) is 4.74 Å². The minimum absolute atomic E-state index is 0.563. The summed E-state index contributed by atoms with van der Waals surface area (Å²) in [6.07, 6.45) is 7.24. The minimum atomic E-state index is 0.563. The molecule has 1 aliphatic rings. The summed E-state index contributed by atoms with van der Waals surface area (Å²) in [5.41, 5.74) is 1.32. The summed E-state index contributed by atoms with van der Waals surface area (Å²) in [5, 5.41) is 3.62. The van der Waals surface area contributed by atoms with Crippen molar-refractivity contribution in [2.75, 3.05) is 19.8 Å². The van der Waals surface area contributed by atoms with Crippen molar-refractivity contribution in [3.05, 3.63) is 30.1 Å². The SMILES string of the molecule is CCNC(Cc1cccnc1)C1CCOCC1. The summed E-state index contributed by atoms with van der Waals surface area (Å²) in [4.78, 5) is 4.19. The van der Waals surface area contributed by atoms with E-state index in [1.54, 1.807) is 0 Å². The molecule has 1 aromatic heterocycles. The zero-order valence-corrected chi connectivity index (χ0v) is 10.6. The largest absolute Gasteiger partial charge is 0.381 e. The molecule has 1 unspecified atom stereocenters. The standard InChI is InChI=1S/C14H22N2O/c1-2-16-14(13-5-8-17-9-6-13)10-12-4-3-7-15-11-12/h3-4,7,11,13-14,16H,2,5-6,8-10H2,1H3. The van der Waals surface area contributed by atoms with Crippen molar-refractivity contribution in [3.63, 3.8) is 0 Å². The van der Waals surface area contributed by atoms with Crippen LogP contribution >= 0.6 is 0 Å². The van der Waals surface area contributed by atoms with Crippen LogP contribution in [0.1, 0.15) is 25.3 Å². The number of hydrogen-bond donors (Lipinski definition) is 1. The first-order valence-corrected chi connectivity index (χ1v) is 6.60. The number of aromatic nitrogens is 1. The van der Waals surface area contributed by atoms with E-state index in [0.29, 0.717) is 6.04 Å². The molecular weight excluding hydrogens is 212 g/mol. The van der Waals surface area contributed by atoms with E-state index in [9.17, 15) is 0 Å². The van der Waals surface area contributed by atoms with Crippen molar-refractivity contribution in [2.45, 2.75) is 32.2 Å². The van der Waals surface area contributed by atoms with Gasteiger partial charge in [-0.15, -0.1) is 0 Å². The molecule has 1 atom stereocenters. The Morgan fingerprint density at radius 1 is 1.47 bits per heavy atom. The number of ether oxygens (including phenoxy) is 1. The second-order valence-corrected chi connectivity index (χ2v) is 4.68. The van der Waals surface area contributed by atoms with Gasteiger partial charge in [0.15, 0.2) is 0 Å². The number of hydrogen-bond acceptors (Lipinski definition) is 3. The first kappa shape index (κ1) is 12.5. The molecule has 2 rings (SSSR count). The second-order valence-electron chi connectivity index (χ2n) is 4.68. The van der Waals surface area contributed by atoms with Crippen LogP contribution in [0.15, 0.2) is 24.5 Å². The molecule has 0 aliphatic carbocycles. The molecule has 1 fully saturated rings. The molecule has 0 amide bonds. The van der Waals surface area contributed by atoms with Crippen molar-refractivity contribution in [1.29, 1.82) is 0 Å². The van der Waals surface area contributed by atoms with Crippen LogP contribution in [0.3, 0.4) is 0 Å². The Labute approximate surface area is 104 Å². The first-order valence-electron chi connectivity index (χ1n) is 6.60. The normalized spacial score (nSPS) is 19.1. The van der Waals surface area contributed by atoms with Crippen molar-refractivity contribution < 1.29 is 4.74 Å². The topological polar surface area (TPSA) is 34.2 Å². The molecule has 1 saturated heterocycles. The molecule has 0 aromatic carbocycles. The molecule has 3 nitrogen and oxygen atoms in total. The number of rotatable bonds is 5. The van der Waals surface area contributed by atoms with Crippen LogP contribution in [0.2, 0.25) is 0 Å². The smallest absolute Gasteiger partial charge is 0.0469 e. The summed E-state index contributed by atoms with van der Waals surface area (Å²) in [7, 11) is 0. The highest BCUT2D eigenvalue weighted by Gasteiger charge is 2.23.